The number of aliphatic hydroxyl groups is 1. The number of halogens is 2. The van der Waals surface area contributed by atoms with E-state index in [-0.39, 0.29) is 23.0 Å². The van der Waals surface area contributed by atoms with Crippen LogP contribution in [-0.2, 0) is 6.54 Å². The summed E-state index contributed by atoms with van der Waals surface area (Å²) in [4.78, 5) is 28.4. The number of urea groups is 1. The Morgan fingerprint density at radius 2 is 2.09 bits per heavy atom. The number of rotatable bonds is 4. The van der Waals surface area contributed by atoms with Crippen LogP contribution in [0.3, 0.4) is 0 Å². The lowest BCUT2D eigenvalue weighted by molar-refractivity contribution is 0.130. The fourth-order valence-electron chi connectivity index (χ4n) is 5.34. The second-order valence-corrected chi connectivity index (χ2v) is 9.84. The van der Waals surface area contributed by atoms with Crippen molar-refractivity contribution in [3.05, 3.63) is 52.2 Å². The van der Waals surface area contributed by atoms with Gasteiger partial charge in [-0.05, 0) is 43.0 Å². The Morgan fingerprint density at radius 1 is 1.29 bits per heavy atom. The molecule has 1 aromatic heterocycles. The predicted molar refractivity (Wildman–Crippen MR) is 127 cm³/mol. The van der Waals surface area contributed by atoms with E-state index in [2.05, 4.69) is 27.1 Å². The summed E-state index contributed by atoms with van der Waals surface area (Å²) in [5.41, 5.74) is 2.48. The van der Waals surface area contributed by atoms with Crippen LogP contribution in [0.2, 0.25) is 5.02 Å². The summed E-state index contributed by atoms with van der Waals surface area (Å²) in [5, 5.41) is 13.7. The molecule has 182 valence electrons. The number of carbonyl (C=O) groups is 1. The molecule has 2 saturated heterocycles. The van der Waals surface area contributed by atoms with Crippen LogP contribution in [0.4, 0.5) is 15.0 Å². The van der Waals surface area contributed by atoms with Crippen LogP contribution < -0.4 is 10.2 Å². The molecule has 2 N–H and O–H groups in total. The van der Waals surface area contributed by atoms with Gasteiger partial charge in [-0.3, -0.25) is 0 Å². The molecule has 1 aromatic carbocycles. The number of aromatic nitrogens is 2. The molecule has 0 spiro atoms. The van der Waals surface area contributed by atoms with Gasteiger partial charge in [-0.15, -0.1) is 0 Å². The maximum atomic E-state index is 14.0. The largest absolute Gasteiger partial charge is 0.387 e. The van der Waals surface area contributed by atoms with Gasteiger partial charge < -0.3 is 25.1 Å². The van der Waals surface area contributed by atoms with E-state index in [0.29, 0.717) is 39.1 Å². The smallest absolute Gasteiger partial charge is 0.320 e. The summed E-state index contributed by atoms with van der Waals surface area (Å²) in [6, 6.07) is 4.77. The van der Waals surface area contributed by atoms with Crippen molar-refractivity contribution in [2.45, 2.75) is 44.4 Å². The van der Waals surface area contributed by atoms with Crippen LogP contribution in [0, 0.1) is 5.82 Å². The molecule has 1 aliphatic carbocycles. The number of nitrogens with one attached hydrogen (secondary N) is 1. The second kappa shape index (κ2) is 9.64. The summed E-state index contributed by atoms with van der Waals surface area (Å²) in [6.07, 6.45) is 2.51. The third-order valence-corrected chi connectivity index (χ3v) is 7.49. The standard InChI is InChI=1S/C24H30ClFN6O2/c1-15-10-20(33)22-21(15)23(29-14-28-22)30-6-8-31(9-7-30)24(34)32(17-4-5-27-12-17)13-16-2-3-18(25)19(26)11-16/h2-3,11,14-15,17,20,27,33H,4-10,12-13H2,1H3/t15-,17?,20-/m1/s1. The Morgan fingerprint density at radius 3 is 2.79 bits per heavy atom. The fraction of sp³-hybridized carbons (Fsp3) is 0.542. The van der Waals surface area contributed by atoms with E-state index in [4.69, 9.17) is 11.6 Å². The summed E-state index contributed by atoms with van der Waals surface area (Å²) < 4.78 is 14.0. The number of benzene rings is 1. The van der Waals surface area contributed by atoms with Crippen molar-refractivity contribution in [1.82, 2.24) is 25.1 Å². The predicted octanol–water partition coefficient (Wildman–Crippen LogP) is 2.92. The van der Waals surface area contributed by atoms with Crippen LogP contribution in [0.25, 0.3) is 0 Å². The average Bonchev–Trinajstić information content (AvgIpc) is 3.48. The van der Waals surface area contributed by atoms with E-state index in [9.17, 15) is 14.3 Å². The molecule has 34 heavy (non-hydrogen) atoms. The maximum Gasteiger partial charge on any atom is 0.320 e. The Labute approximate surface area is 203 Å². The number of carbonyl (C=O) groups excluding carboxylic acids is 1. The number of nitrogens with zero attached hydrogens (tertiary/aromatic N) is 5. The monoisotopic (exact) mass is 488 g/mol. The second-order valence-electron chi connectivity index (χ2n) is 9.43. The van der Waals surface area contributed by atoms with E-state index in [1.165, 1.54) is 12.4 Å². The van der Waals surface area contributed by atoms with Gasteiger partial charge in [-0.1, -0.05) is 24.6 Å². The number of hydrogen-bond acceptors (Lipinski definition) is 6. The van der Waals surface area contributed by atoms with Crippen molar-refractivity contribution in [2.75, 3.05) is 44.2 Å². The molecule has 0 saturated carbocycles. The first-order valence-electron chi connectivity index (χ1n) is 11.9. The minimum absolute atomic E-state index is 0.0274. The summed E-state index contributed by atoms with van der Waals surface area (Å²) >= 11 is 5.84. The van der Waals surface area contributed by atoms with Crippen molar-refractivity contribution in [1.29, 1.82) is 0 Å². The van der Waals surface area contributed by atoms with Gasteiger partial charge in [-0.25, -0.2) is 19.2 Å². The van der Waals surface area contributed by atoms with Gasteiger partial charge in [-0.2, -0.15) is 0 Å². The zero-order valence-electron chi connectivity index (χ0n) is 19.3. The first-order valence-corrected chi connectivity index (χ1v) is 12.3. The third-order valence-electron chi connectivity index (χ3n) is 7.19. The molecule has 3 atom stereocenters. The first kappa shape index (κ1) is 23.3. The van der Waals surface area contributed by atoms with Crippen LogP contribution in [0.15, 0.2) is 24.5 Å². The number of fused-ring (bicyclic) bond motifs is 1. The zero-order chi connectivity index (χ0) is 23.8. The highest BCUT2D eigenvalue weighted by atomic mass is 35.5. The highest BCUT2D eigenvalue weighted by molar-refractivity contribution is 6.30. The van der Waals surface area contributed by atoms with Crippen molar-refractivity contribution in [3.63, 3.8) is 0 Å². The van der Waals surface area contributed by atoms with Crippen LogP contribution in [0.5, 0.6) is 0 Å². The average molecular weight is 489 g/mol. The number of amides is 2. The Bertz CT molecular complexity index is 1060. The minimum atomic E-state index is -0.541. The van der Waals surface area contributed by atoms with Crippen LogP contribution >= 0.6 is 11.6 Å². The van der Waals surface area contributed by atoms with Crippen LogP contribution in [0.1, 0.15) is 48.6 Å². The Balaban J connectivity index is 1.29. The molecule has 0 bridgehead atoms. The topological polar surface area (TPSA) is 84.8 Å². The normalized spacial score (nSPS) is 24.4. The number of hydrogen-bond donors (Lipinski definition) is 2. The number of anilines is 1. The molecule has 10 heteroatoms. The molecule has 2 aliphatic heterocycles. The van der Waals surface area contributed by atoms with E-state index in [1.807, 2.05) is 9.80 Å². The highest BCUT2D eigenvalue weighted by Crippen LogP contribution is 2.42. The number of piperazine rings is 1. The lowest BCUT2D eigenvalue weighted by Gasteiger charge is -2.40. The van der Waals surface area contributed by atoms with E-state index >= 15 is 0 Å². The fourth-order valence-corrected chi connectivity index (χ4v) is 5.46. The van der Waals surface area contributed by atoms with E-state index in [0.717, 1.165) is 42.1 Å². The maximum absolute atomic E-state index is 14.0. The molecular formula is C24H30ClFN6O2. The highest BCUT2D eigenvalue weighted by Gasteiger charge is 2.35. The molecule has 8 nitrogen and oxygen atoms in total. The molecule has 0 radical (unpaired) electrons. The Kier molecular flexibility index (Phi) is 6.59. The van der Waals surface area contributed by atoms with Gasteiger partial charge in [0.15, 0.2) is 0 Å². The van der Waals surface area contributed by atoms with Gasteiger partial charge >= 0.3 is 6.03 Å². The molecule has 5 rings (SSSR count). The third kappa shape index (κ3) is 4.44. The summed E-state index contributed by atoms with van der Waals surface area (Å²) in [6.45, 7) is 6.48. The molecule has 3 heterocycles. The van der Waals surface area contributed by atoms with Gasteiger partial charge in [0.2, 0.25) is 0 Å². The van der Waals surface area contributed by atoms with Crippen molar-refractivity contribution >= 4 is 23.4 Å². The molecule has 3 aliphatic rings. The molecule has 2 fully saturated rings. The Hall–Kier alpha value is -2.49. The lowest BCUT2D eigenvalue weighted by atomic mass is 10.1. The van der Waals surface area contributed by atoms with Gasteiger partial charge in [0, 0.05) is 50.9 Å². The van der Waals surface area contributed by atoms with Gasteiger partial charge in [0.25, 0.3) is 0 Å². The summed E-state index contributed by atoms with van der Waals surface area (Å²) in [5.74, 6) is 0.599. The van der Waals surface area contributed by atoms with Gasteiger partial charge in [0.1, 0.15) is 18.0 Å². The molecule has 2 aromatic rings. The molecule has 2 amide bonds. The lowest BCUT2D eigenvalue weighted by Crippen LogP contribution is -2.55. The molecule has 1 unspecified atom stereocenters. The zero-order valence-corrected chi connectivity index (χ0v) is 20.0. The van der Waals surface area contributed by atoms with E-state index in [1.54, 1.807) is 12.1 Å². The van der Waals surface area contributed by atoms with Crippen molar-refractivity contribution in [3.8, 4) is 0 Å². The van der Waals surface area contributed by atoms with E-state index < -0.39 is 11.9 Å². The minimum Gasteiger partial charge on any atom is -0.387 e. The van der Waals surface area contributed by atoms with Crippen molar-refractivity contribution in [2.24, 2.45) is 0 Å². The molecular weight excluding hydrogens is 459 g/mol. The first-order chi connectivity index (χ1) is 16.4. The van der Waals surface area contributed by atoms with Gasteiger partial charge in [0.05, 0.1) is 16.8 Å². The van der Waals surface area contributed by atoms with Crippen LogP contribution in [-0.4, -0.2) is 76.2 Å². The quantitative estimate of drug-likeness (QED) is 0.688. The summed E-state index contributed by atoms with van der Waals surface area (Å²) in [7, 11) is 0. The van der Waals surface area contributed by atoms with Crippen molar-refractivity contribution < 1.29 is 14.3 Å². The number of aliphatic hydroxyl groups excluding tert-OH is 1. The SMILES string of the molecule is C[C@@H]1C[C@@H](O)c2ncnc(N3CCN(C(=O)N(Cc4ccc(Cl)c(F)c4)C4CCNC4)CC3)c21.